The van der Waals surface area contributed by atoms with E-state index in [9.17, 15) is 45.3 Å². The van der Waals surface area contributed by atoms with Crippen LogP contribution in [-0.2, 0) is 53.1 Å². The molecule has 24 nitrogen and oxygen atoms in total. The Morgan fingerprint density at radius 3 is 1.02 bits per heavy atom. The summed E-state index contributed by atoms with van der Waals surface area (Å²) >= 11 is 16.1. The summed E-state index contributed by atoms with van der Waals surface area (Å²) in [6.07, 6.45) is 0. The summed E-state index contributed by atoms with van der Waals surface area (Å²) in [6.45, 7) is 9.85. The molecule has 0 atom stereocenters. The lowest BCUT2D eigenvalue weighted by Crippen LogP contribution is -2.13. The van der Waals surface area contributed by atoms with E-state index in [4.69, 9.17) is 109 Å². The molecule has 0 aliphatic rings. The molecule has 0 saturated carbocycles. The van der Waals surface area contributed by atoms with Crippen molar-refractivity contribution in [2.75, 3.05) is 33.2 Å². The van der Waals surface area contributed by atoms with Crippen molar-refractivity contribution in [2.24, 2.45) is 0 Å². The Hall–Kier alpha value is -8.04. The van der Waals surface area contributed by atoms with E-state index in [1.807, 2.05) is 91.0 Å². The summed E-state index contributed by atoms with van der Waals surface area (Å²) < 4.78 is 214. The van der Waals surface area contributed by atoms with Crippen molar-refractivity contribution in [3.05, 3.63) is 321 Å². The molecule has 10 rings (SSSR count). The number of nitro benzene ring substituents is 4. The molecular weight excluding hydrogens is 2060 g/mol. The van der Waals surface area contributed by atoms with Crippen LogP contribution in [0.4, 0.5) is 68.2 Å². The van der Waals surface area contributed by atoms with E-state index in [1.54, 1.807) is 124 Å². The van der Waals surface area contributed by atoms with Gasteiger partial charge in [0.15, 0.2) is 0 Å². The van der Waals surface area contributed by atoms with Crippen LogP contribution in [0.1, 0.15) is 244 Å². The molecule has 10 aromatic carbocycles. The summed E-state index contributed by atoms with van der Waals surface area (Å²) in [5.41, 5.74) is 17.1. The van der Waals surface area contributed by atoms with E-state index in [1.165, 1.54) is 119 Å². The zero-order valence-corrected chi connectivity index (χ0v) is 85.2. The second-order valence-electron chi connectivity index (χ2n) is 31.5. The fraction of sp³-hybridized carbons (Fsp3) is 0.351. The molecule has 0 aliphatic carbocycles. The van der Waals surface area contributed by atoms with E-state index in [0.29, 0.717) is 50.6 Å². The van der Waals surface area contributed by atoms with Crippen LogP contribution in [0.25, 0.3) is 0 Å². The zero-order chi connectivity index (χ0) is 119. The highest BCUT2D eigenvalue weighted by molar-refractivity contribution is 14.1. The fourth-order valence-electron chi connectivity index (χ4n) is 9.36. The van der Waals surface area contributed by atoms with Crippen molar-refractivity contribution in [3.8, 4) is 0 Å². The minimum Gasteiger partial charge on any atom is -0.412 e. The molecule has 700 valence electrons. The Bertz CT molecular complexity index is 6240. The summed E-state index contributed by atoms with van der Waals surface area (Å²) in [6, 6.07) is 63.0. The maximum atomic E-state index is 11.4. The third-order valence-corrected chi connectivity index (χ3v) is 17.9. The monoisotopic (exact) mass is 2200 g/mol. The number of nitro groups is 4. The van der Waals surface area contributed by atoms with Crippen molar-refractivity contribution in [1.29, 1.82) is 0 Å². The lowest BCUT2D eigenvalue weighted by molar-refractivity contribution is -0.384. The predicted octanol–water partition coefficient (Wildman–Crippen LogP) is 29.5. The van der Waals surface area contributed by atoms with E-state index in [-0.39, 0.29) is 39.6 Å². The average Bonchev–Trinajstić information content (AvgIpc) is 0.763. The molecule has 34 heteroatoms. The molecule has 0 aromatic heterocycles. The van der Waals surface area contributed by atoms with Gasteiger partial charge in [0.1, 0.15) is 17.1 Å². The Balaban J connectivity index is 0. The number of nitrogens with two attached hydrogens (primary N) is 3. The molecule has 1 amide bonds. The van der Waals surface area contributed by atoms with Gasteiger partial charge in [-0.3, -0.25) is 54.4 Å². The molecule has 0 saturated heterocycles. The molecule has 0 bridgehead atoms. The fourth-order valence-corrected chi connectivity index (χ4v) is 11.5. The Labute approximate surface area is 851 Å². The van der Waals surface area contributed by atoms with Gasteiger partial charge in [0.2, 0.25) is 5.91 Å². The minimum absolute atomic E-state index is 0. The first-order valence-corrected chi connectivity index (χ1v) is 47.9. The van der Waals surface area contributed by atoms with Gasteiger partial charge in [-0.1, -0.05) is 290 Å². The maximum absolute atomic E-state index is 11.4. The number of nitrogens with zero attached hydrogens (tertiary/aromatic N) is 4. The number of non-ortho nitro benzene ring substituents is 1. The molecule has 0 aliphatic heterocycles. The minimum atomic E-state index is -4.67. The summed E-state index contributed by atoms with van der Waals surface area (Å²) in [7, 11) is 10.2. The first kappa shape index (κ1) is 84.2. The molecule has 13 N–H and O–H groups in total. The lowest BCUT2D eigenvalue weighted by atomic mass is 9.86. The van der Waals surface area contributed by atoms with Gasteiger partial charge >= 0.3 is 21.8 Å². The van der Waals surface area contributed by atoms with Gasteiger partial charge < -0.3 is 38.6 Å². The summed E-state index contributed by atoms with van der Waals surface area (Å²) in [5.74, 6) is -0.434. The van der Waals surface area contributed by atoms with Gasteiger partial charge in [-0.15, -0.1) is 11.6 Å². The normalized spacial score (nSPS) is 14.6. The predicted molar refractivity (Wildman–Crippen MR) is 559 cm³/mol. The van der Waals surface area contributed by atoms with Crippen molar-refractivity contribution < 1.29 is 80.4 Å². The van der Waals surface area contributed by atoms with Gasteiger partial charge in [0.05, 0.1) is 31.1 Å². The number of rotatable bonds is 9. The number of amides is 1. The average molecular weight is 2210 g/mol. The number of nitrogens with one attached hydrogen (secondary N) is 3. The third kappa shape index (κ3) is 54.6. The van der Waals surface area contributed by atoms with Crippen LogP contribution in [0.5, 0.6) is 0 Å². The highest BCUT2D eigenvalue weighted by atomic mass is 127. The Morgan fingerprint density at radius 2 is 0.703 bits per heavy atom. The van der Waals surface area contributed by atoms with Crippen LogP contribution in [0.2, 0.25) is 0 Å². The number of hydrogen-bond donors (Lipinski definition) is 8. The van der Waals surface area contributed by atoms with Gasteiger partial charge in [-0.05, 0) is 217 Å². The smallest absolute Gasteiger partial charge is 0.412 e. The number of halogens is 8. The van der Waals surface area contributed by atoms with Gasteiger partial charge in [-0.2, -0.15) is 8.42 Å². The van der Waals surface area contributed by atoms with Crippen molar-refractivity contribution in [3.63, 3.8) is 0 Å². The highest BCUT2D eigenvalue weighted by Crippen LogP contribution is 2.37. The van der Waals surface area contributed by atoms with Crippen molar-refractivity contribution in [1.82, 2.24) is 0 Å². The number of anilines is 8. The number of carbonyl (C=O) groups is 1. The van der Waals surface area contributed by atoms with Crippen molar-refractivity contribution >= 4 is 208 Å². The van der Waals surface area contributed by atoms with Gasteiger partial charge in [-0.25, -0.2) is 30.1 Å². The van der Waals surface area contributed by atoms with Gasteiger partial charge in [0, 0.05) is 109 Å². The largest absolute Gasteiger partial charge is 0.643 e. The molecular formula is C94H125AlBr3Cl4IN10O14S. The number of nitrogen functional groups attached to an aromatic ring is 3. The molecule has 0 heterocycles. The molecule has 0 spiro atoms. The van der Waals surface area contributed by atoms with Crippen LogP contribution in [-0.4, -0.2) is 64.9 Å². The molecule has 0 fully saturated rings. The number of benzene rings is 10. The Morgan fingerprint density at radius 1 is 0.406 bits per heavy atom. The second-order valence-corrected chi connectivity index (χ2v) is 43.8. The van der Waals surface area contributed by atoms with E-state index in [2.05, 4.69) is 98.5 Å². The van der Waals surface area contributed by atoms with E-state index in [0.717, 1.165) is 35.9 Å². The van der Waals surface area contributed by atoms with Crippen LogP contribution in [0.15, 0.2) is 238 Å². The van der Waals surface area contributed by atoms with Crippen LogP contribution in [0, 0.1) is 44.0 Å². The number of carbonyl (C=O) groups excluding carboxylic acids is 1. The quantitative estimate of drug-likeness (QED) is 0.0127. The zero-order valence-electron chi connectivity index (χ0n) is 97.3. The SMILES string of the molecule is Brc1cccc(I)c1.O.O=S(=O)(O)O.[2H]C([2H])([2H])C(C)(C)Cl.[2H]C([2H])([2H])C(C)(C)c1ccc(N)c([N+](=O)[O-])c1.[2H]C([2H])([2H])C(C)(C)c1ccc(N)cc1.[2H]C([2H])([2H])C(C)(C)c1ccc(NC(C)=O)c([N+](=O)[O-])c1.[2H]C([2H])([2H])C(C)(C)c1ccc(Nc2cccc(Br)c2)c(N)c1.[2H]C([2H])([2H])C(C)(C)c1ccc(Nc2cccc(Br)c2)c([N+](=O)[O-])c1.[2H]C([2H])([2H])C(C)(C)c1ccc([N+](=O)[O-])cc1.[2H]C([2H])([2H])C(C)(C)c1ccccc1.[Cl][Al]([Cl])[Cl]. The second kappa shape index (κ2) is 55.3. The lowest BCUT2D eigenvalue weighted by Gasteiger charge is -2.20. The number of alkyl halides is 1. The third-order valence-electron chi connectivity index (χ3n) is 15.8. The van der Waals surface area contributed by atoms with Crippen LogP contribution >= 0.6 is 112 Å². The molecule has 0 radical (unpaired) electrons. The summed E-state index contributed by atoms with van der Waals surface area (Å²) in [4.78, 5) is 51.3. The first-order chi connectivity index (χ1) is 67.7. The van der Waals surface area contributed by atoms with Gasteiger partial charge in [0.25, 0.3) is 22.7 Å². The molecule has 10 aromatic rings. The van der Waals surface area contributed by atoms with Crippen LogP contribution in [0.3, 0.4) is 0 Å². The topological polar surface area (TPSA) is 410 Å². The van der Waals surface area contributed by atoms with E-state index < -0.39 is 145 Å². The summed E-state index contributed by atoms with van der Waals surface area (Å²) in [5, 5.41) is 52.2. The van der Waals surface area contributed by atoms with Crippen molar-refractivity contribution in [2.45, 2.75) is 215 Å². The van der Waals surface area contributed by atoms with E-state index >= 15 is 0 Å². The maximum Gasteiger partial charge on any atom is 0.643 e. The first-order valence-electron chi connectivity index (χ1n) is 49.4. The van der Waals surface area contributed by atoms with Crippen LogP contribution < -0.4 is 33.2 Å². The standard InChI is InChI=1S/C16H17BrN2O2.C16H19BrN2.C12H16N2O3.C10H14N2O2.C10H13NO2.C10H15N.C10H14.C6H4BrI.C4H9Cl.Al.3ClH.H2O4S.H2O/c1-16(2,3)11-7-8-14(15(9-11)19(20)21)18-13-6-4-5-12(17)10-13;1-16(2,3)11-7-8-15(14(18)9-11)19-13-6-4-5-12(17)10-13;1-8(15)13-10-6-5-9(12(2,3)4)7-11(10)14(16)17;1-10(2,3)7-4-5-8(11)9(6-7)12(13)14;1-10(2,3)8-4-6-9(7-5-8)11(12)13;1-10(2,3)8-4-6-9(11)7-5-8;1-10(2,3)9-7-5-4-6-8-9;7-5-2-1-3-6(8)4-5;1-4(2,3)5;;;;;1-5(2,3)4;/h4-10,18H,1-3H3;4-10,19H,18H2,1-3H3;5-7H,1-4H3,(H,13,15);4-6H,11H2,1-3H3;4-7H,1-3H3;4-7H,11H2,1-3H3;4-8H,1-3H3;1-4H;1-3H3;;3*1H;(H2,1,2,3,4);1H2/q;;;;;;;;;+3;;;;;/p-3/i2*1D3;2D3;4*1D3;;1D3;;;;;;. The Kier molecular flexibility index (Phi) is 36.4. The number of hydrogen-bond acceptors (Lipinski definition) is 16. The molecule has 128 heavy (non-hydrogen) atoms. The molecule has 0 unspecified atom stereocenters. The highest BCUT2D eigenvalue weighted by Gasteiger charge is 2.25.